The predicted molar refractivity (Wildman–Crippen MR) is 307 cm³/mol. The third-order valence-electron chi connectivity index (χ3n) is 15.2. The van der Waals surface area contributed by atoms with Gasteiger partial charge in [0, 0.05) is 53.2 Å². The Hall–Kier alpha value is -5.00. The fraction of sp³-hybridized carbons (Fsp3) is 0.525. The number of nitrogens with zero attached hydrogens (tertiary/aromatic N) is 2. The smallest absolute Gasteiger partial charge is 0.315 e. The number of rotatable bonds is 27. The lowest BCUT2D eigenvalue weighted by Crippen LogP contribution is -2.49. The summed E-state index contributed by atoms with van der Waals surface area (Å²) in [5.41, 5.74) is 1.17. The summed E-state index contributed by atoms with van der Waals surface area (Å²) < 4.78 is 76.5. The number of thioether (sulfide) groups is 1. The quantitative estimate of drug-likeness (QED) is 0.0146. The van der Waals surface area contributed by atoms with Crippen molar-refractivity contribution < 1.29 is 50.8 Å². The van der Waals surface area contributed by atoms with E-state index in [9.17, 15) is 19.6 Å². The SMILES string of the molecule is COc1ccc(C(OC[C@H]2O[C@@H](c3cc(CNC(=O)CNC(=O)CCCC[C@@H]4SC[C@@H]5NC(=O)N[C@@H]54)c(F)cc3F)[C@@H](O[Si](C)(C)C(C)(C)C)C2OP(OCCC#N)N(C(C)C)C(C)C)(c2ccccc2)c2ccccc2)cc1. The van der Waals surface area contributed by atoms with Crippen LogP contribution in [-0.4, -0.2) is 111 Å². The van der Waals surface area contributed by atoms with Crippen molar-refractivity contribution >= 4 is 46.5 Å². The monoisotopic (exact) mass is 1140 g/mol. The first-order valence-electron chi connectivity index (χ1n) is 27.3. The Bertz CT molecular complexity index is 2660. The third kappa shape index (κ3) is 15.1. The van der Waals surface area contributed by atoms with Gasteiger partial charge in [0.15, 0.2) is 8.32 Å². The Labute approximate surface area is 472 Å². The van der Waals surface area contributed by atoms with Gasteiger partial charge in [-0.05, 0) is 93.6 Å². The lowest BCUT2D eigenvalue weighted by Gasteiger charge is -2.42. The Morgan fingerprint density at radius 3 is 2.14 bits per heavy atom. The number of benzene rings is 4. The van der Waals surface area contributed by atoms with Crippen molar-refractivity contribution in [1.29, 1.82) is 5.26 Å². The van der Waals surface area contributed by atoms with Crippen LogP contribution in [0, 0.1) is 23.0 Å². The summed E-state index contributed by atoms with van der Waals surface area (Å²) in [6.45, 7) is 17.9. The molecule has 4 N–H and O–H groups in total. The van der Waals surface area contributed by atoms with Crippen LogP contribution in [0.1, 0.15) is 114 Å². The molecule has 428 valence electrons. The molecule has 0 aliphatic carbocycles. The van der Waals surface area contributed by atoms with Gasteiger partial charge in [-0.3, -0.25) is 9.59 Å². The van der Waals surface area contributed by atoms with Crippen molar-refractivity contribution in [3.8, 4) is 11.8 Å². The molecule has 3 saturated heterocycles. The highest BCUT2D eigenvalue weighted by Gasteiger charge is 2.55. The highest BCUT2D eigenvalue weighted by atomic mass is 32.2. The Balaban J connectivity index is 1.21. The molecular weight excluding hydrogens is 1070 g/mol. The molecule has 8 atom stereocenters. The predicted octanol–water partition coefficient (Wildman–Crippen LogP) is 10.9. The normalized spacial score (nSPS) is 21.6. The molecule has 0 radical (unpaired) electrons. The minimum absolute atomic E-state index is 0.0105. The molecule has 3 aliphatic rings. The zero-order valence-electron chi connectivity index (χ0n) is 47.2. The van der Waals surface area contributed by atoms with E-state index in [1.807, 2.05) is 124 Å². The van der Waals surface area contributed by atoms with E-state index in [0.29, 0.717) is 12.2 Å². The molecule has 0 spiro atoms. The van der Waals surface area contributed by atoms with Gasteiger partial charge in [-0.25, -0.2) is 18.2 Å². The van der Waals surface area contributed by atoms with E-state index in [1.165, 1.54) is 6.07 Å². The van der Waals surface area contributed by atoms with Crippen LogP contribution in [-0.2, 0) is 44.7 Å². The van der Waals surface area contributed by atoms with E-state index in [2.05, 4.69) is 65.9 Å². The van der Waals surface area contributed by atoms with Crippen molar-refractivity contribution in [3.05, 3.63) is 137 Å². The maximum absolute atomic E-state index is 16.9. The number of methoxy groups -OCH3 is 1. The summed E-state index contributed by atoms with van der Waals surface area (Å²) in [5, 5.41) is 20.9. The van der Waals surface area contributed by atoms with E-state index in [-0.39, 0.29) is 96.7 Å². The van der Waals surface area contributed by atoms with Crippen LogP contribution >= 0.6 is 20.3 Å². The summed E-state index contributed by atoms with van der Waals surface area (Å²) >= 11 is 1.82. The van der Waals surface area contributed by atoms with E-state index in [1.54, 1.807) is 7.11 Å². The standard InChI is InChI=1S/C59H79F2N6O9PSSi/c1-38(2)67(39(3)4)77(73-31-19-30-62)75-55-49(36-72-59(41-20-13-11-14-21-41,42-22-15-12-16-23-42)43-26-28-44(71-8)29-27-43)74-54(56(55)76-79(9,10)58(5,6)7)45-32-40(46(60)33-47(45)61)34-63-52(69)35-64-51(68)25-18-17-24-50-53-48(37-78-50)65-57(70)66-53/h11-16,20-23,26-29,32-33,38-39,48-50,53-56H,17-19,24-25,31,34-37H2,1-10H3,(H,63,69)(H,64,68)(H2,65,66,70)/t48-,49+,50-,53-,54-,55?,56+,77?/m0/s1. The van der Waals surface area contributed by atoms with Crippen LogP contribution in [0.3, 0.4) is 0 Å². The first-order valence-corrected chi connectivity index (χ1v) is 32.4. The van der Waals surface area contributed by atoms with E-state index < -0.39 is 64.4 Å². The molecule has 4 aromatic carbocycles. The van der Waals surface area contributed by atoms with Gasteiger partial charge in [0.2, 0.25) is 11.8 Å². The molecule has 0 bridgehead atoms. The molecule has 3 aliphatic heterocycles. The lowest BCUT2D eigenvalue weighted by atomic mass is 9.80. The van der Waals surface area contributed by atoms with Gasteiger partial charge in [-0.1, -0.05) is 100.0 Å². The summed E-state index contributed by atoms with van der Waals surface area (Å²) in [5.74, 6) is -1.10. The first kappa shape index (κ1) is 61.6. The van der Waals surface area contributed by atoms with Gasteiger partial charge >= 0.3 is 6.03 Å². The highest BCUT2D eigenvalue weighted by Crippen LogP contribution is 2.53. The van der Waals surface area contributed by atoms with Gasteiger partial charge in [0.25, 0.3) is 8.53 Å². The largest absolute Gasteiger partial charge is 0.497 e. The number of fused-ring (bicyclic) bond motifs is 1. The average Bonchev–Trinajstić information content (AvgIpc) is 4.12. The van der Waals surface area contributed by atoms with Gasteiger partial charge in [-0.15, -0.1) is 0 Å². The number of hydrogen-bond donors (Lipinski definition) is 4. The van der Waals surface area contributed by atoms with E-state index in [0.717, 1.165) is 41.4 Å². The number of carbonyl (C=O) groups is 3. The number of unbranched alkanes of at least 4 members (excludes halogenated alkanes) is 1. The molecular formula is C59H79F2N6O9PSSi. The molecule has 3 fully saturated rings. The first-order chi connectivity index (χ1) is 37.7. The number of nitrogens with one attached hydrogen (secondary N) is 4. The zero-order chi connectivity index (χ0) is 57.1. The van der Waals surface area contributed by atoms with Crippen LogP contribution < -0.4 is 26.0 Å². The molecule has 3 heterocycles. The minimum Gasteiger partial charge on any atom is -0.497 e. The summed E-state index contributed by atoms with van der Waals surface area (Å²) in [7, 11) is -3.15. The molecule has 0 saturated carbocycles. The number of hydrogen-bond acceptors (Lipinski definition) is 12. The molecule has 79 heavy (non-hydrogen) atoms. The highest BCUT2D eigenvalue weighted by molar-refractivity contribution is 8.00. The molecule has 20 heteroatoms. The van der Waals surface area contributed by atoms with Gasteiger partial charge in [0.05, 0.1) is 51.4 Å². The van der Waals surface area contributed by atoms with Crippen molar-refractivity contribution in [3.63, 3.8) is 0 Å². The number of amides is 4. The van der Waals surface area contributed by atoms with Gasteiger partial charge in [-0.2, -0.15) is 17.0 Å². The van der Waals surface area contributed by atoms with E-state index >= 15 is 8.78 Å². The van der Waals surface area contributed by atoms with E-state index in [4.69, 9.17) is 27.7 Å². The average molecular weight is 1150 g/mol. The fourth-order valence-electron chi connectivity index (χ4n) is 10.2. The second-order valence-electron chi connectivity index (χ2n) is 22.4. The fourth-order valence-corrected chi connectivity index (χ4v) is 14.8. The Morgan fingerprint density at radius 1 is 0.886 bits per heavy atom. The van der Waals surface area contributed by atoms with Crippen molar-refractivity contribution in [2.45, 2.75) is 165 Å². The summed E-state index contributed by atoms with van der Waals surface area (Å²) in [6, 6.07) is 31.7. The lowest BCUT2D eigenvalue weighted by molar-refractivity contribution is -0.126. The summed E-state index contributed by atoms with van der Waals surface area (Å²) in [6.07, 6.45) is -1.61. The van der Waals surface area contributed by atoms with Gasteiger partial charge in [0.1, 0.15) is 47.4 Å². The molecule has 2 unspecified atom stereocenters. The topological polar surface area (TPSA) is 182 Å². The maximum atomic E-state index is 16.9. The zero-order valence-corrected chi connectivity index (χ0v) is 49.9. The number of carbonyl (C=O) groups excluding carboxylic acids is 3. The summed E-state index contributed by atoms with van der Waals surface area (Å²) in [4.78, 5) is 37.8. The molecule has 0 aromatic heterocycles. The van der Waals surface area contributed by atoms with Crippen LogP contribution in [0.4, 0.5) is 13.6 Å². The van der Waals surface area contributed by atoms with Crippen LogP contribution in [0.25, 0.3) is 0 Å². The van der Waals surface area contributed by atoms with Crippen molar-refractivity contribution in [2.75, 3.05) is 32.6 Å². The van der Waals surface area contributed by atoms with Crippen LogP contribution in [0.5, 0.6) is 5.75 Å². The molecule has 7 rings (SSSR count). The molecule has 4 aromatic rings. The second-order valence-corrected chi connectivity index (χ2v) is 29.8. The van der Waals surface area contributed by atoms with Gasteiger partial charge < -0.3 is 49.0 Å². The molecule has 15 nitrogen and oxygen atoms in total. The third-order valence-corrected chi connectivity index (χ3v) is 23.3. The van der Waals surface area contributed by atoms with Crippen molar-refractivity contribution in [2.24, 2.45) is 0 Å². The number of ether oxygens (including phenoxy) is 3. The van der Waals surface area contributed by atoms with Crippen LogP contribution in [0.15, 0.2) is 97.1 Å². The molecule has 4 amide bonds. The van der Waals surface area contributed by atoms with Crippen LogP contribution in [0.2, 0.25) is 18.1 Å². The second kappa shape index (κ2) is 27.6. The number of urea groups is 1. The number of nitriles is 1. The maximum Gasteiger partial charge on any atom is 0.315 e. The number of halogens is 2. The Morgan fingerprint density at radius 2 is 1.53 bits per heavy atom. The Kier molecular flexibility index (Phi) is 21.6. The van der Waals surface area contributed by atoms with Crippen molar-refractivity contribution in [1.82, 2.24) is 25.9 Å². The minimum atomic E-state index is -2.82.